The van der Waals surface area contributed by atoms with Gasteiger partial charge in [-0.1, -0.05) is 0 Å². The van der Waals surface area contributed by atoms with Gasteiger partial charge in [0.15, 0.2) is 23.0 Å². The summed E-state index contributed by atoms with van der Waals surface area (Å²) in [6.45, 7) is 1.24. The average molecular weight is 513 g/mol. The van der Waals surface area contributed by atoms with Crippen LogP contribution in [0.1, 0.15) is 29.2 Å². The Hall–Kier alpha value is -2.73. The summed E-state index contributed by atoms with van der Waals surface area (Å²) in [7, 11) is 5.54. The van der Waals surface area contributed by atoms with Crippen molar-refractivity contribution in [3.63, 3.8) is 0 Å². The van der Waals surface area contributed by atoms with Crippen molar-refractivity contribution in [1.82, 2.24) is 0 Å². The number of nitrogens with zero attached hydrogens (tertiary/aromatic N) is 1. The molecular weight excluding hydrogens is 478 g/mol. The van der Waals surface area contributed by atoms with Crippen molar-refractivity contribution in [2.75, 3.05) is 62.3 Å². The van der Waals surface area contributed by atoms with Gasteiger partial charge in [0.25, 0.3) is 0 Å². The molecule has 2 atom stereocenters. The fraction of sp³-hybridized carbons (Fsp3) is 0.500. The Labute approximate surface area is 206 Å². The molecule has 0 unspecified atom stereocenters. The Bertz CT molecular complexity index is 1130. The molecule has 1 heterocycles. The first-order valence-electron chi connectivity index (χ1n) is 11.1. The first-order chi connectivity index (χ1) is 16.6. The molecule has 194 valence electrons. The molecule has 0 fully saturated rings. The second-order valence-corrected chi connectivity index (χ2v) is 9.64. The van der Waals surface area contributed by atoms with Crippen molar-refractivity contribution >= 4 is 10.4 Å². The number of benzene rings is 2. The number of hydrogen-bond donors (Lipinski definition) is 1. The SMILES string of the molecule is COc1cc2c(cc1OC)[C@H](c1cc(OC)c(OC)c(OC)c1)[N@@+](C)(CCCOS(=O)(=O)O)CC2. The molecule has 0 spiro atoms. The molecule has 1 aliphatic heterocycles. The van der Waals surface area contributed by atoms with Gasteiger partial charge in [0, 0.05) is 24.0 Å². The third-order valence-corrected chi connectivity index (χ3v) is 6.97. The molecule has 10 nitrogen and oxygen atoms in total. The molecule has 0 saturated carbocycles. The largest absolute Gasteiger partial charge is 0.493 e. The standard InChI is InChI=1S/C24H33NO9S/c1-25(9-7-11-34-35(26,27)28)10-8-16-12-19(29-2)20(30-3)15-18(16)23(25)17-13-21(31-4)24(33-6)22(14-17)32-5/h12-15,23H,7-11H2,1-6H3/p+1/t23-,25-/m0/s1. The van der Waals surface area contributed by atoms with Crippen molar-refractivity contribution in [3.8, 4) is 28.7 Å². The summed E-state index contributed by atoms with van der Waals surface area (Å²) in [4.78, 5) is 0. The van der Waals surface area contributed by atoms with E-state index in [0.717, 1.165) is 29.7 Å². The molecule has 1 aliphatic rings. The van der Waals surface area contributed by atoms with E-state index in [4.69, 9.17) is 28.2 Å². The molecule has 2 aromatic rings. The number of likely N-dealkylation sites (N-methyl/N-ethyl adjacent to an activating group) is 1. The molecule has 0 amide bonds. The van der Waals surface area contributed by atoms with E-state index in [1.165, 1.54) is 0 Å². The maximum Gasteiger partial charge on any atom is 0.397 e. The van der Waals surface area contributed by atoms with Crippen LogP contribution in [-0.4, -0.2) is 79.7 Å². The number of quaternary nitrogens is 1. The summed E-state index contributed by atoms with van der Waals surface area (Å²) < 4.78 is 63.9. The summed E-state index contributed by atoms with van der Waals surface area (Å²) >= 11 is 0. The van der Waals surface area contributed by atoms with Gasteiger partial charge in [-0.25, -0.2) is 4.18 Å². The van der Waals surface area contributed by atoms with Crippen LogP contribution >= 0.6 is 0 Å². The normalized spacial score (nSPS) is 19.6. The van der Waals surface area contributed by atoms with Gasteiger partial charge in [0.05, 0.1) is 62.3 Å². The highest BCUT2D eigenvalue weighted by atomic mass is 32.3. The third kappa shape index (κ3) is 5.75. The van der Waals surface area contributed by atoms with Crippen molar-refractivity contribution in [2.45, 2.75) is 18.9 Å². The maximum absolute atomic E-state index is 11.0. The van der Waals surface area contributed by atoms with Crippen LogP contribution < -0.4 is 23.7 Å². The minimum atomic E-state index is -4.49. The number of methoxy groups -OCH3 is 5. The van der Waals surface area contributed by atoms with Crippen LogP contribution in [0.2, 0.25) is 0 Å². The van der Waals surface area contributed by atoms with Gasteiger partial charge in [0.2, 0.25) is 5.75 Å². The van der Waals surface area contributed by atoms with Crippen LogP contribution in [0.15, 0.2) is 24.3 Å². The minimum Gasteiger partial charge on any atom is -0.493 e. The zero-order valence-corrected chi connectivity index (χ0v) is 21.8. The Morgan fingerprint density at radius 1 is 0.886 bits per heavy atom. The van der Waals surface area contributed by atoms with Gasteiger partial charge in [-0.15, -0.1) is 0 Å². The Morgan fingerprint density at radius 2 is 1.46 bits per heavy atom. The molecule has 3 rings (SSSR count). The first kappa shape index (κ1) is 26.9. The number of fused-ring (bicyclic) bond motifs is 1. The summed E-state index contributed by atoms with van der Waals surface area (Å²) in [6.07, 6.45) is 1.20. The highest BCUT2D eigenvalue weighted by molar-refractivity contribution is 7.80. The summed E-state index contributed by atoms with van der Waals surface area (Å²) in [6, 6.07) is 7.70. The highest BCUT2D eigenvalue weighted by Gasteiger charge is 2.41. The maximum atomic E-state index is 11.0. The molecule has 1 N–H and O–H groups in total. The van der Waals surface area contributed by atoms with Crippen LogP contribution in [0.5, 0.6) is 28.7 Å². The number of ether oxygens (including phenoxy) is 5. The van der Waals surface area contributed by atoms with Crippen molar-refractivity contribution in [1.29, 1.82) is 0 Å². The average Bonchev–Trinajstić information content (AvgIpc) is 2.84. The lowest BCUT2D eigenvalue weighted by molar-refractivity contribution is -0.935. The van der Waals surface area contributed by atoms with E-state index >= 15 is 0 Å². The molecule has 35 heavy (non-hydrogen) atoms. The van der Waals surface area contributed by atoms with Crippen molar-refractivity contribution < 1.29 is 45.3 Å². The lowest BCUT2D eigenvalue weighted by Crippen LogP contribution is -2.52. The van der Waals surface area contributed by atoms with Gasteiger partial charge < -0.3 is 28.2 Å². The molecule has 0 radical (unpaired) electrons. The Kier molecular flexibility index (Phi) is 8.37. The predicted octanol–water partition coefficient (Wildman–Crippen LogP) is 3.03. The van der Waals surface area contributed by atoms with Gasteiger partial charge in [0.1, 0.15) is 6.04 Å². The lowest BCUT2D eigenvalue weighted by atomic mass is 9.85. The molecule has 0 bridgehead atoms. The van der Waals surface area contributed by atoms with Crippen LogP contribution in [0, 0.1) is 0 Å². The van der Waals surface area contributed by atoms with Gasteiger partial charge in [-0.2, -0.15) is 8.42 Å². The number of hydrogen-bond acceptors (Lipinski definition) is 8. The lowest BCUT2D eigenvalue weighted by Gasteiger charge is -2.46. The van der Waals surface area contributed by atoms with Crippen molar-refractivity contribution in [2.24, 2.45) is 0 Å². The van der Waals surface area contributed by atoms with E-state index in [1.54, 1.807) is 35.5 Å². The van der Waals surface area contributed by atoms with E-state index in [9.17, 15) is 8.42 Å². The number of rotatable bonds is 11. The first-order valence-corrected chi connectivity index (χ1v) is 12.5. The molecular formula is C24H34NO9S+. The Balaban J connectivity index is 2.15. The quantitative estimate of drug-likeness (QED) is 0.276. The summed E-state index contributed by atoms with van der Waals surface area (Å²) in [5.74, 6) is 2.85. The van der Waals surface area contributed by atoms with Gasteiger partial charge in [-0.3, -0.25) is 4.55 Å². The van der Waals surface area contributed by atoms with Crippen LogP contribution in [0.3, 0.4) is 0 Å². The molecule has 0 saturated heterocycles. The van der Waals surface area contributed by atoms with E-state index in [2.05, 4.69) is 11.2 Å². The van der Waals surface area contributed by atoms with Gasteiger partial charge >= 0.3 is 10.4 Å². The summed E-state index contributed by atoms with van der Waals surface area (Å²) in [5, 5.41) is 0. The van der Waals surface area contributed by atoms with E-state index in [0.29, 0.717) is 46.2 Å². The monoisotopic (exact) mass is 512 g/mol. The summed E-state index contributed by atoms with van der Waals surface area (Å²) in [5.41, 5.74) is 3.12. The zero-order valence-electron chi connectivity index (χ0n) is 21.0. The zero-order chi connectivity index (χ0) is 25.8. The third-order valence-electron chi connectivity index (χ3n) is 6.50. The van der Waals surface area contributed by atoms with E-state index in [1.807, 2.05) is 24.3 Å². The second kappa shape index (κ2) is 10.9. The fourth-order valence-electron chi connectivity index (χ4n) is 4.88. The fourth-order valence-corrected chi connectivity index (χ4v) is 5.21. The van der Waals surface area contributed by atoms with Gasteiger partial charge in [-0.05, 0) is 29.8 Å². The smallest absolute Gasteiger partial charge is 0.397 e. The Morgan fingerprint density at radius 3 is 1.97 bits per heavy atom. The van der Waals surface area contributed by atoms with Crippen LogP contribution in [0.4, 0.5) is 0 Å². The van der Waals surface area contributed by atoms with E-state index < -0.39 is 10.4 Å². The predicted molar refractivity (Wildman–Crippen MR) is 129 cm³/mol. The molecule has 0 aromatic heterocycles. The van der Waals surface area contributed by atoms with Crippen LogP contribution in [-0.2, 0) is 21.0 Å². The van der Waals surface area contributed by atoms with E-state index in [-0.39, 0.29) is 12.6 Å². The topological polar surface area (TPSA) is 110 Å². The van der Waals surface area contributed by atoms with Crippen LogP contribution in [0.25, 0.3) is 0 Å². The highest BCUT2D eigenvalue weighted by Crippen LogP contribution is 2.48. The van der Waals surface area contributed by atoms with Crippen molar-refractivity contribution in [3.05, 3.63) is 41.0 Å². The molecule has 11 heteroatoms. The minimum absolute atomic E-state index is 0.118. The molecule has 0 aliphatic carbocycles. The molecule has 2 aromatic carbocycles. The second-order valence-electron chi connectivity index (χ2n) is 8.55.